The van der Waals surface area contributed by atoms with Crippen LogP contribution in [0.2, 0.25) is 0 Å². The minimum atomic E-state index is -1.92. The van der Waals surface area contributed by atoms with Crippen LogP contribution < -0.4 is 59.7 Å². The Labute approximate surface area is 459 Å². The van der Waals surface area contributed by atoms with Crippen LogP contribution in [0, 0.1) is 17.8 Å². The number of unbranched alkanes of at least 4 members (excludes halogenated alkanes) is 1. The van der Waals surface area contributed by atoms with E-state index in [2.05, 4.69) is 42.2 Å². The van der Waals surface area contributed by atoms with Gasteiger partial charge in [0.15, 0.2) is 0 Å². The zero-order chi connectivity index (χ0) is 59.8. The van der Waals surface area contributed by atoms with E-state index in [1.54, 1.807) is 33.9 Å². The molecule has 19 N–H and O–H groups in total. The van der Waals surface area contributed by atoms with E-state index in [0.29, 0.717) is 12.8 Å². The van der Waals surface area contributed by atoms with Gasteiger partial charge in [-0.1, -0.05) is 72.6 Å². The van der Waals surface area contributed by atoms with E-state index in [0.717, 1.165) is 30.3 Å². The van der Waals surface area contributed by atoms with E-state index in [4.69, 9.17) is 22.3 Å². The summed E-state index contributed by atoms with van der Waals surface area (Å²) in [5, 5.41) is 60.4. The normalized spacial score (nSPS) is 16.3. The number of hydrogen-bond acceptors (Lipinski definition) is 15. The first-order valence-electron chi connectivity index (χ1n) is 26.6. The van der Waals surface area contributed by atoms with Gasteiger partial charge in [-0.3, -0.25) is 47.9 Å². The van der Waals surface area contributed by atoms with Gasteiger partial charge in [-0.2, -0.15) is 0 Å². The number of amides is 9. The summed E-state index contributed by atoms with van der Waals surface area (Å²) in [4.78, 5) is 149. The largest absolute Gasteiger partial charge is 0.481 e. The molecule has 0 unspecified atom stereocenters. The smallest absolute Gasteiger partial charge is 0.326 e. The van der Waals surface area contributed by atoms with Crippen LogP contribution in [0.3, 0.4) is 0 Å². The van der Waals surface area contributed by atoms with Gasteiger partial charge in [0.25, 0.3) is 0 Å². The first kappa shape index (κ1) is 67.9. The molecule has 2 rings (SSSR count). The van der Waals surface area contributed by atoms with Gasteiger partial charge >= 0.3 is 11.9 Å². The molecular formula is C52H84N12O15. The molecule has 27 heteroatoms. The zero-order valence-electron chi connectivity index (χ0n) is 46.3. The molecule has 0 fully saturated rings. The molecule has 0 spiro atoms. The minimum Gasteiger partial charge on any atom is -0.481 e. The van der Waals surface area contributed by atoms with Crippen LogP contribution in [0.4, 0.5) is 0 Å². The Morgan fingerprint density at radius 2 is 1.01 bits per heavy atom. The van der Waals surface area contributed by atoms with Crippen molar-refractivity contribution in [3.63, 3.8) is 0 Å². The molecule has 2 aromatic rings. The second kappa shape index (κ2) is 33.3. The number of para-hydroxylation sites is 1. The molecule has 0 aliphatic heterocycles. The van der Waals surface area contributed by atoms with E-state index >= 15 is 0 Å². The molecule has 0 saturated heterocycles. The molecule has 0 bridgehead atoms. The van der Waals surface area contributed by atoms with E-state index < -0.39 is 163 Å². The van der Waals surface area contributed by atoms with Crippen LogP contribution in [0.25, 0.3) is 10.9 Å². The summed E-state index contributed by atoms with van der Waals surface area (Å²) < 4.78 is 0. The van der Waals surface area contributed by atoms with Crippen LogP contribution in [0.5, 0.6) is 0 Å². The predicted octanol–water partition coefficient (Wildman–Crippen LogP) is -2.23. The van der Waals surface area contributed by atoms with Crippen molar-refractivity contribution in [2.45, 2.75) is 186 Å². The molecule has 1 aromatic carbocycles. The number of nitrogens with one attached hydrogen (secondary N) is 9. The van der Waals surface area contributed by atoms with Crippen molar-refractivity contribution in [3.05, 3.63) is 36.0 Å². The van der Waals surface area contributed by atoms with Crippen LogP contribution >= 0.6 is 0 Å². The molecule has 0 aliphatic carbocycles. The summed E-state index contributed by atoms with van der Waals surface area (Å²) in [6, 6.07) is -6.14. The standard InChI is InChI=1S/C52H84N12O15/c1-9-26(5)40(62-47(73)36(21-25(3)4)59-44(70)32(54)22-30-24-56-33-16-12-11-15-31(30)33)48(74)58-35(18-19-38(55)67)46(72)63-42(28(7)65)50(76)57-34(17-13-14-20-53)45(71)61-41(27(6)10-2)49(75)64-43(29(8)66)51(77)60-37(52(78)79)23-39(68)69/h11-12,15-16,24-29,32,34-37,40-43,56,65-66H,9-10,13-14,17-23,53-54H2,1-8H3,(H2,55,67)(H,57,76)(H,58,74)(H,59,70)(H,60,77)(H,61,71)(H,62,73)(H,63,72)(H,64,75)(H,68,69)(H,78,79)/t26-,27-,28+,29+,32-,34-,35-,36-,37-,40-,41-,42-,43-/m0/s1. The van der Waals surface area contributed by atoms with Crippen molar-refractivity contribution >= 4 is 76.0 Å². The predicted molar refractivity (Wildman–Crippen MR) is 288 cm³/mol. The highest BCUT2D eigenvalue weighted by Crippen LogP contribution is 2.20. The van der Waals surface area contributed by atoms with Gasteiger partial charge in [0, 0.05) is 23.5 Å². The number of fused-ring (bicyclic) bond motifs is 1. The monoisotopic (exact) mass is 1120 g/mol. The molecule has 0 saturated carbocycles. The Balaban J connectivity index is 2.38. The summed E-state index contributed by atoms with van der Waals surface area (Å²) in [5.41, 5.74) is 19.1. The van der Waals surface area contributed by atoms with Crippen LogP contribution in [-0.2, 0) is 59.2 Å². The number of carboxylic acids is 2. The molecule has 0 radical (unpaired) electrons. The van der Waals surface area contributed by atoms with Crippen LogP contribution in [-0.4, -0.2) is 164 Å². The average molecular weight is 1120 g/mol. The van der Waals surface area contributed by atoms with Gasteiger partial charge in [-0.25, -0.2) is 4.79 Å². The van der Waals surface area contributed by atoms with E-state index in [9.17, 15) is 68.1 Å². The maximum absolute atomic E-state index is 14.2. The summed E-state index contributed by atoms with van der Waals surface area (Å²) in [5.74, 6) is -13.1. The number of carbonyl (C=O) groups excluding carboxylic acids is 9. The van der Waals surface area contributed by atoms with Crippen molar-refractivity contribution in [1.82, 2.24) is 47.5 Å². The van der Waals surface area contributed by atoms with Gasteiger partial charge in [-0.15, -0.1) is 0 Å². The summed E-state index contributed by atoms with van der Waals surface area (Å²) >= 11 is 0. The van der Waals surface area contributed by atoms with Crippen molar-refractivity contribution in [1.29, 1.82) is 0 Å². The Morgan fingerprint density at radius 3 is 1.48 bits per heavy atom. The minimum absolute atomic E-state index is 0.0948. The Hall–Kier alpha value is -7.23. The van der Waals surface area contributed by atoms with E-state index in [-0.39, 0.29) is 44.6 Å². The first-order valence-corrected chi connectivity index (χ1v) is 26.6. The average Bonchev–Trinajstić information content (AvgIpc) is 3.79. The Morgan fingerprint density at radius 1 is 0.570 bits per heavy atom. The highest BCUT2D eigenvalue weighted by molar-refractivity contribution is 5.99. The molecule has 79 heavy (non-hydrogen) atoms. The lowest BCUT2D eigenvalue weighted by molar-refractivity contribution is -0.148. The maximum Gasteiger partial charge on any atom is 0.326 e. The summed E-state index contributed by atoms with van der Waals surface area (Å²) in [6.45, 7) is 12.8. The fourth-order valence-electron chi connectivity index (χ4n) is 8.31. The van der Waals surface area contributed by atoms with Gasteiger partial charge < -0.3 is 85.1 Å². The number of aliphatic carboxylic acids is 2. The summed E-state index contributed by atoms with van der Waals surface area (Å²) in [6.07, 6.45) is -2.04. The second-order valence-corrected chi connectivity index (χ2v) is 20.5. The van der Waals surface area contributed by atoms with Crippen LogP contribution in [0.15, 0.2) is 30.5 Å². The lowest BCUT2D eigenvalue weighted by Gasteiger charge is -2.31. The SMILES string of the molecule is CC[C@H](C)[C@H](NC(=O)[C@H](CC(C)C)NC(=O)[C@@H](N)Cc1c[nH]c2ccccc12)C(=O)N[C@@H](CCC(N)=O)C(=O)N[C@H](C(=O)N[C@@H](CCCCN)C(=O)N[C@H](C(=O)N[C@H](C(=O)N[C@@H](CC(=O)O)C(=O)O)[C@@H](C)O)[C@@H](C)CC)[C@@H](C)O. The number of carbonyl (C=O) groups is 11. The van der Waals surface area contributed by atoms with Crippen molar-refractivity contribution in [3.8, 4) is 0 Å². The number of primary amides is 1. The molecule has 0 aliphatic rings. The third-order valence-electron chi connectivity index (χ3n) is 13.4. The Bertz CT molecular complexity index is 2410. The van der Waals surface area contributed by atoms with Crippen LogP contribution in [0.1, 0.15) is 119 Å². The number of aromatic amines is 1. The first-order chi connectivity index (χ1) is 37.1. The van der Waals surface area contributed by atoms with E-state index in [1.165, 1.54) is 0 Å². The fraction of sp³-hybridized carbons (Fsp3) is 0.635. The number of H-pyrrole nitrogens is 1. The van der Waals surface area contributed by atoms with Gasteiger partial charge in [0.05, 0.1) is 24.7 Å². The number of nitrogens with two attached hydrogens (primary N) is 3. The molecular weight excluding hydrogens is 1030 g/mol. The number of carboxylic acid groups (broad SMARTS) is 2. The highest BCUT2D eigenvalue weighted by atomic mass is 16.4. The van der Waals surface area contributed by atoms with Gasteiger partial charge in [0.1, 0.15) is 48.3 Å². The van der Waals surface area contributed by atoms with Crippen molar-refractivity contribution in [2.75, 3.05) is 6.54 Å². The molecule has 13 atom stereocenters. The number of hydrogen-bond donors (Lipinski definition) is 16. The second-order valence-electron chi connectivity index (χ2n) is 20.5. The van der Waals surface area contributed by atoms with E-state index in [1.807, 2.05) is 43.4 Å². The molecule has 442 valence electrons. The molecule has 27 nitrogen and oxygen atoms in total. The van der Waals surface area contributed by atoms with Crippen molar-refractivity contribution in [2.24, 2.45) is 35.0 Å². The fourth-order valence-corrected chi connectivity index (χ4v) is 8.31. The third kappa shape index (κ3) is 22.2. The number of aliphatic hydroxyl groups excluding tert-OH is 2. The molecule has 1 heterocycles. The number of aliphatic hydroxyl groups is 2. The van der Waals surface area contributed by atoms with Crippen molar-refractivity contribution < 1.29 is 73.2 Å². The quantitative estimate of drug-likeness (QED) is 0.0321. The zero-order valence-corrected chi connectivity index (χ0v) is 46.3. The highest BCUT2D eigenvalue weighted by Gasteiger charge is 2.39. The topological polar surface area (TPSA) is 459 Å². The lowest BCUT2D eigenvalue weighted by Crippen LogP contribution is -2.63. The van der Waals surface area contributed by atoms with Gasteiger partial charge in [-0.05, 0) is 88.3 Å². The van der Waals surface area contributed by atoms with Gasteiger partial charge in [0.2, 0.25) is 53.2 Å². The molecule has 9 amide bonds. The summed E-state index contributed by atoms with van der Waals surface area (Å²) in [7, 11) is 0. The number of aromatic nitrogens is 1. The molecule has 1 aromatic heterocycles. The number of rotatable bonds is 36. The number of benzene rings is 1. The lowest BCUT2D eigenvalue weighted by atomic mass is 9.96. The third-order valence-corrected chi connectivity index (χ3v) is 13.4. The Kier molecular flexibility index (Phi) is 28.6. The maximum atomic E-state index is 14.2.